The number of hydrogen-bond acceptors (Lipinski definition) is 6. The largest absolute Gasteiger partial charge is 3.00 e. The number of para-hydroxylation sites is 5. The molecule has 0 aliphatic heterocycles. The topological polar surface area (TPSA) is 43.6 Å². The Morgan fingerprint density at radius 1 is 0.431 bits per heavy atom. The van der Waals surface area contributed by atoms with Crippen molar-refractivity contribution in [3.8, 4) is 5.69 Å². The van der Waals surface area contributed by atoms with Crippen LogP contribution in [0.25, 0.3) is 58.1 Å². The molecule has 13 rings (SSSR count). The van der Waals surface area contributed by atoms with E-state index in [0.29, 0.717) is 23.7 Å². The molecule has 3 aliphatic carbocycles. The normalized spacial score (nSPS) is 19.9. The number of thiazole rings is 3. The quantitative estimate of drug-likeness (QED) is 0.161. The Hall–Kier alpha value is -4.56. The van der Waals surface area contributed by atoms with Crippen molar-refractivity contribution < 1.29 is 20.1 Å². The van der Waals surface area contributed by atoms with Crippen molar-refractivity contribution in [1.82, 2.24) is 19.5 Å². The van der Waals surface area contributed by atoms with Crippen molar-refractivity contribution in [1.29, 1.82) is 0 Å². The Morgan fingerprint density at radius 3 is 1.28 bits per heavy atom. The molecule has 6 aromatic carbocycles. The van der Waals surface area contributed by atoms with Gasteiger partial charge in [0.2, 0.25) is 0 Å². The van der Waals surface area contributed by atoms with Crippen LogP contribution in [-0.2, 0) is 20.1 Å². The van der Waals surface area contributed by atoms with Crippen LogP contribution >= 0.6 is 34.0 Å². The summed E-state index contributed by atoms with van der Waals surface area (Å²) in [6, 6.07) is 52.1. The maximum atomic E-state index is 4.91. The van der Waals surface area contributed by atoms with E-state index in [-0.39, 0.29) is 20.1 Å². The fourth-order valence-electron chi connectivity index (χ4n) is 10.1. The zero-order valence-corrected chi connectivity index (χ0v) is 41.4. The van der Waals surface area contributed by atoms with E-state index in [4.69, 9.17) is 15.0 Å². The first-order valence-corrected chi connectivity index (χ1v) is 25.8. The molecular weight excluding hydrogens is 1030 g/mol. The summed E-state index contributed by atoms with van der Waals surface area (Å²) in [5.41, 5.74) is 8.67. The minimum atomic E-state index is 0. The van der Waals surface area contributed by atoms with Gasteiger partial charge in [0, 0.05) is 16.5 Å². The molecule has 328 valence electrons. The first-order chi connectivity index (χ1) is 31.7. The van der Waals surface area contributed by atoms with Crippen molar-refractivity contribution >= 4 is 86.5 Å². The van der Waals surface area contributed by atoms with E-state index in [1.807, 2.05) is 34.0 Å². The van der Waals surface area contributed by atoms with E-state index >= 15 is 0 Å². The third-order valence-corrected chi connectivity index (χ3v) is 17.0. The molecule has 0 bridgehead atoms. The molecule has 4 heterocycles. The Morgan fingerprint density at radius 2 is 0.862 bits per heavy atom. The molecule has 4 unspecified atom stereocenters. The maximum Gasteiger partial charge on any atom is 3.00 e. The number of hydrogen-bond donors (Lipinski definition) is 0. The molecule has 8 heteroatoms. The van der Waals surface area contributed by atoms with Crippen molar-refractivity contribution in [2.45, 2.75) is 94.3 Å². The monoisotopic (exact) mass is 1080 g/mol. The number of rotatable bonds is 5. The summed E-state index contributed by atoms with van der Waals surface area (Å²) in [5.74, 6) is 2.33. The predicted molar refractivity (Wildman–Crippen MR) is 274 cm³/mol. The summed E-state index contributed by atoms with van der Waals surface area (Å²) in [6.45, 7) is 0. The molecule has 0 N–H and O–H groups in total. The smallest absolute Gasteiger partial charge is 0.319 e. The molecular formula is C57H53IrN4S3. The van der Waals surface area contributed by atoms with Gasteiger partial charge in [0.15, 0.2) is 0 Å². The van der Waals surface area contributed by atoms with Gasteiger partial charge in [-0.15, -0.1) is 51.8 Å². The van der Waals surface area contributed by atoms with Crippen LogP contribution in [0.15, 0.2) is 146 Å². The van der Waals surface area contributed by atoms with Gasteiger partial charge < -0.3 is 23.8 Å². The van der Waals surface area contributed by atoms with E-state index in [1.165, 1.54) is 126 Å². The van der Waals surface area contributed by atoms with Gasteiger partial charge in [0.05, 0.1) is 56.7 Å². The third-order valence-electron chi connectivity index (χ3n) is 13.5. The Bertz CT molecular complexity index is 2880. The van der Waals surface area contributed by atoms with Gasteiger partial charge in [-0.3, -0.25) is 0 Å². The molecule has 3 aliphatic rings. The van der Waals surface area contributed by atoms with Crippen LogP contribution in [0, 0.1) is 19.3 Å². The van der Waals surface area contributed by atoms with Gasteiger partial charge in [0.1, 0.15) is 0 Å². The van der Waals surface area contributed by atoms with E-state index in [0.717, 1.165) is 23.0 Å². The van der Waals surface area contributed by atoms with Crippen LogP contribution in [0.1, 0.15) is 115 Å². The van der Waals surface area contributed by atoms with Gasteiger partial charge in [-0.1, -0.05) is 136 Å². The minimum Gasteiger partial charge on any atom is -0.319 e. The summed E-state index contributed by atoms with van der Waals surface area (Å²) in [4.78, 5) is 14.4. The Labute approximate surface area is 408 Å². The van der Waals surface area contributed by atoms with Gasteiger partial charge in [0.25, 0.3) is 0 Å². The number of aromatic nitrogens is 4. The molecule has 3 saturated carbocycles. The van der Waals surface area contributed by atoms with Crippen molar-refractivity contribution in [3.63, 3.8) is 0 Å². The van der Waals surface area contributed by atoms with E-state index in [2.05, 4.69) is 169 Å². The molecule has 3 fully saturated rings. The first-order valence-electron chi connectivity index (χ1n) is 23.4. The average molecular weight is 1080 g/mol. The molecule has 4 atom stereocenters. The Balaban J connectivity index is 0.000000133. The second-order valence-corrected chi connectivity index (χ2v) is 20.8. The van der Waals surface area contributed by atoms with Crippen LogP contribution in [0.3, 0.4) is 0 Å². The fraction of sp³-hybridized carbons (Fsp3) is 0.263. The fourth-order valence-corrected chi connectivity index (χ4v) is 13.4. The molecule has 0 radical (unpaired) electrons. The number of benzene rings is 6. The first kappa shape index (κ1) is 44.3. The second kappa shape index (κ2) is 20.5. The Kier molecular flexibility index (Phi) is 14.0. The van der Waals surface area contributed by atoms with Gasteiger partial charge in [-0.05, 0) is 72.1 Å². The van der Waals surface area contributed by atoms with Crippen molar-refractivity contribution in [2.24, 2.45) is 0 Å². The SMILES string of the molecule is [Ir+3].c1ccc2sc(C3[CH-]CC(c4ccc(-n5c6ccccc6c6ccccc65)cc4)CC3)nc2c1.c1ccc2sc(C3[CH-]CCCC3)nc2c1.c1ccc2sc(C3[CH-]CCCC3)nc2c1. The van der Waals surface area contributed by atoms with Crippen molar-refractivity contribution in [2.75, 3.05) is 0 Å². The summed E-state index contributed by atoms with van der Waals surface area (Å²) in [5, 5.41) is 6.53. The van der Waals surface area contributed by atoms with Crippen LogP contribution in [-0.4, -0.2) is 19.5 Å². The molecule has 10 aromatic rings. The predicted octanol–water partition coefficient (Wildman–Crippen LogP) is 17.0. The average Bonchev–Trinajstić information content (AvgIpc) is 4.18. The third kappa shape index (κ3) is 9.67. The molecule has 4 nitrogen and oxygen atoms in total. The molecule has 0 amide bonds. The summed E-state index contributed by atoms with van der Waals surface area (Å²) >= 11 is 5.58. The zero-order valence-electron chi connectivity index (χ0n) is 36.5. The van der Waals surface area contributed by atoms with Gasteiger partial charge in [-0.2, -0.15) is 19.3 Å². The summed E-state index contributed by atoms with van der Waals surface area (Å²) < 4.78 is 6.34. The summed E-state index contributed by atoms with van der Waals surface area (Å²) in [6.07, 6.45) is 21.5. The number of fused-ring (bicyclic) bond motifs is 6. The maximum absolute atomic E-state index is 4.91. The van der Waals surface area contributed by atoms with Crippen molar-refractivity contribution in [3.05, 3.63) is 185 Å². The van der Waals surface area contributed by atoms with Gasteiger partial charge in [-0.25, -0.2) is 15.0 Å². The second-order valence-electron chi connectivity index (χ2n) is 17.6. The standard InChI is InChI=1S/C31H25N2S.2C13H14NS.Ir/c1-4-10-28-25(7-1)26-8-2-5-11-29(26)33(28)24-19-17-22(18-20-24)21-13-15-23(16-14-21)31-32-27-9-3-6-12-30(27)34-31;2*1-2-6-10(7-3-1)13-14-11-8-4-5-9-12(11)15-13;/h1-12,15,17-21,23H,13-14,16H2;2*4-6,8-10H,1-3,7H2;/q3*-1;+3. The summed E-state index contributed by atoms with van der Waals surface area (Å²) in [7, 11) is 0. The van der Waals surface area contributed by atoms with Gasteiger partial charge >= 0.3 is 20.1 Å². The minimum absolute atomic E-state index is 0. The van der Waals surface area contributed by atoms with E-state index < -0.39 is 0 Å². The molecule has 65 heavy (non-hydrogen) atoms. The zero-order chi connectivity index (χ0) is 42.7. The molecule has 0 spiro atoms. The van der Waals surface area contributed by atoms with E-state index in [1.54, 1.807) is 0 Å². The van der Waals surface area contributed by atoms with Crippen LogP contribution < -0.4 is 0 Å². The van der Waals surface area contributed by atoms with E-state index in [9.17, 15) is 0 Å². The number of nitrogens with zero attached hydrogens (tertiary/aromatic N) is 4. The van der Waals surface area contributed by atoms with Crippen LogP contribution in [0.5, 0.6) is 0 Å². The molecule has 0 saturated heterocycles. The molecule has 4 aromatic heterocycles. The van der Waals surface area contributed by atoms with Crippen LogP contribution in [0.4, 0.5) is 0 Å². The van der Waals surface area contributed by atoms with Crippen LogP contribution in [0.2, 0.25) is 0 Å².